The Morgan fingerprint density at radius 2 is 1.93 bits per heavy atom. The second-order valence-corrected chi connectivity index (χ2v) is 5.61. The summed E-state index contributed by atoms with van der Waals surface area (Å²) in [6.45, 7) is 5.89. The molecule has 0 atom stereocenters. The molecular weight excluding hydrogens is 252 g/mol. The Labute approximate surface area is 101 Å². The number of hydrogen-bond acceptors (Lipinski definition) is 2. The zero-order valence-electron chi connectivity index (χ0n) is 9.63. The van der Waals surface area contributed by atoms with E-state index in [1.807, 2.05) is 19.9 Å². The van der Waals surface area contributed by atoms with Gasteiger partial charge in [0.05, 0.1) is 0 Å². The maximum Gasteiger partial charge on any atom is 0.0242 e. The van der Waals surface area contributed by atoms with E-state index in [1.54, 1.807) is 0 Å². The number of likely N-dealkylation sites (N-methyl/N-ethyl adjacent to an activating group) is 1. The van der Waals surface area contributed by atoms with Crippen LogP contribution in [0, 0.1) is 0 Å². The van der Waals surface area contributed by atoms with Gasteiger partial charge in [0, 0.05) is 23.1 Å². The molecule has 0 spiro atoms. The number of halogens is 1. The van der Waals surface area contributed by atoms with Gasteiger partial charge in [0.15, 0.2) is 0 Å². The smallest absolute Gasteiger partial charge is 0.0242 e. The van der Waals surface area contributed by atoms with Crippen LogP contribution in [0.4, 0.5) is 0 Å². The highest BCUT2D eigenvalue weighted by Crippen LogP contribution is 2.17. The molecule has 0 amide bonds. The summed E-state index contributed by atoms with van der Waals surface area (Å²) in [7, 11) is 2.09. The van der Waals surface area contributed by atoms with Gasteiger partial charge in [-0.05, 0) is 32.5 Å². The van der Waals surface area contributed by atoms with Crippen molar-refractivity contribution in [3.63, 3.8) is 0 Å². The number of rotatable bonds is 4. The Morgan fingerprint density at radius 1 is 1.33 bits per heavy atom. The Bertz CT molecular complexity index is 318. The molecule has 3 heteroatoms. The molecule has 0 unspecified atom stereocenters. The zero-order valence-corrected chi connectivity index (χ0v) is 11.2. The first kappa shape index (κ1) is 12.7. The fourth-order valence-corrected chi connectivity index (χ4v) is 2.08. The molecule has 84 valence electrons. The minimum Gasteiger partial charge on any atom is -0.324 e. The quantitative estimate of drug-likeness (QED) is 0.912. The van der Waals surface area contributed by atoms with E-state index >= 15 is 0 Å². The molecule has 1 rings (SSSR count). The SMILES string of the molecule is CN(Cc1ccccc1Br)CC(C)(C)N. The van der Waals surface area contributed by atoms with Gasteiger partial charge in [0.25, 0.3) is 0 Å². The standard InChI is InChI=1S/C12H19BrN2/c1-12(2,14)9-15(3)8-10-6-4-5-7-11(10)13/h4-7H,8-9,14H2,1-3H3. The van der Waals surface area contributed by atoms with Gasteiger partial charge in [-0.2, -0.15) is 0 Å². The molecule has 1 aromatic rings. The molecule has 0 saturated heterocycles. The van der Waals surface area contributed by atoms with Crippen molar-refractivity contribution >= 4 is 15.9 Å². The van der Waals surface area contributed by atoms with E-state index in [1.165, 1.54) is 5.56 Å². The van der Waals surface area contributed by atoms with Crippen LogP contribution in [0.1, 0.15) is 19.4 Å². The molecule has 0 fully saturated rings. The molecule has 2 N–H and O–H groups in total. The minimum absolute atomic E-state index is 0.143. The fraction of sp³-hybridized carbons (Fsp3) is 0.500. The van der Waals surface area contributed by atoms with Gasteiger partial charge < -0.3 is 10.6 Å². The Hall–Kier alpha value is -0.380. The van der Waals surface area contributed by atoms with E-state index in [0.717, 1.165) is 17.6 Å². The summed E-state index contributed by atoms with van der Waals surface area (Å²) in [6, 6.07) is 8.28. The Kier molecular flexibility index (Phi) is 4.32. The van der Waals surface area contributed by atoms with Crippen LogP contribution in [0.3, 0.4) is 0 Å². The van der Waals surface area contributed by atoms with Crippen LogP contribution < -0.4 is 5.73 Å². The van der Waals surface area contributed by atoms with Gasteiger partial charge in [0.1, 0.15) is 0 Å². The first-order valence-electron chi connectivity index (χ1n) is 5.09. The number of benzene rings is 1. The fourth-order valence-electron chi connectivity index (χ4n) is 1.67. The molecule has 0 aliphatic heterocycles. The average molecular weight is 271 g/mol. The van der Waals surface area contributed by atoms with Crippen molar-refractivity contribution in [1.82, 2.24) is 4.90 Å². The second-order valence-electron chi connectivity index (χ2n) is 4.75. The van der Waals surface area contributed by atoms with E-state index in [9.17, 15) is 0 Å². The van der Waals surface area contributed by atoms with Crippen molar-refractivity contribution < 1.29 is 0 Å². The number of hydrogen-bond donors (Lipinski definition) is 1. The molecule has 0 heterocycles. The van der Waals surface area contributed by atoms with Crippen molar-refractivity contribution in [3.8, 4) is 0 Å². The molecule has 0 aromatic heterocycles. The predicted molar refractivity (Wildman–Crippen MR) is 68.7 cm³/mol. The lowest BCUT2D eigenvalue weighted by atomic mass is 10.1. The summed E-state index contributed by atoms with van der Waals surface area (Å²) in [5, 5.41) is 0. The summed E-state index contributed by atoms with van der Waals surface area (Å²) in [5.41, 5.74) is 7.13. The van der Waals surface area contributed by atoms with Crippen LogP contribution in [0.25, 0.3) is 0 Å². The maximum absolute atomic E-state index is 5.97. The lowest BCUT2D eigenvalue weighted by molar-refractivity contribution is 0.263. The van der Waals surface area contributed by atoms with Gasteiger partial charge in [-0.3, -0.25) is 0 Å². The molecule has 0 radical (unpaired) electrons. The normalized spacial score (nSPS) is 12.1. The summed E-state index contributed by atoms with van der Waals surface area (Å²) >= 11 is 3.55. The number of nitrogens with two attached hydrogens (primary N) is 1. The summed E-state index contributed by atoms with van der Waals surface area (Å²) in [5.74, 6) is 0. The van der Waals surface area contributed by atoms with Crippen LogP contribution in [0.2, 0.25) is 0 Å². The largest absolute Gasteiger partial charge is 0.324 e. The molecule has 15 heavy (non-hydrogen) atoms. The van der Waals surface area contributed by atoms with E-state index < -0.39 is 0 Å². The molecule has 0 saturated carbocycles. The van der Waals surface area contributed by atoms with E-state index in [0.29, 0.717) is 0 Å². The monoisotopic (exact) mass is 270 g/mol. The molecule has 0 bridgehead atoms. The third-order valence-electron chi connectivity index (χ3n) is 2.08. The summed E-state index contributed by atoms with van der Waals surface area (Å²) in [6.07, 6.45) is 0. The van der Waals surface area contributed by atoms with Crippen molar-refractivity contribution in [2.24, 2.45) is 5.73 Å². The average Bonchev–Trinajstić information content (AvgIpc) is 2.05. The van der Waals surface area contributed by atoms with Crippen molar-refractivity contribution in [1.29, 1.82) is 0 Å². The summed E-state index contributed by atoms with van der Waals surface area (Å²) in [4.78, 5) is 2.24. The van der Waals surface area contributed by atoms with E-state index in [-0.39, 0.29) is 5.54 Å². The van der Waals surface area contributed by atoms with Gasteiger partial charge in [-0.1, -0.05) is 34.1 Å². The molecular formula is C12H19BrN2. The Balaban J connectivity index is 2.59. The van der Waals surface area contributed by atoms with Crippen LogP contribution in [0.15, 0.2) is 28.7 Å². The van der Waals surface area contributed by atoms with Gasteiger partial charge in [-0.25, -0.2) is 0 Å². The van der Waals surface area contributed by atoms with E-state index in [4.69, 9.17) is 5.73 Å². The lowest BCUT2D eigenvalue weighted by Gasteiger charge is -2.26. The van der Waals surface area contributed by atoms with E-state index in [2.05, 4.69) is 46.1 Å². The highest BCUT2D eigenvalue weighted by Gasteiger charge is 2.14. The molecule has 1 aromatic carbocycles. The third-order valence-corrected chi connectivity index (χ3v) is 2.85. The van der Waals surface area contributed by atoms with Crippen LogP contribution in [-0.4, -0.2) is 24.0 Å². The molecule has 2 nitrogen and oxygen atoms in total. The maximum atomic E-state index is 5.97. The summed E-state index contributed by atoms with van der Waals surface area (Å²) < 4.78 is 1.16. The second kappa shape index (κ2) is 5.10. The highest BCUT2D eigenvalue weighted by molar-refractivity contribution is 9.10. The van der Waals surface area contributed by atoms with Crippen LogP contribution in [-0.2, 0) is 6.54 Å². The third kappa shape index (κ3) is 4.78. The lowest BCUT2D eigenvalue weighted by Crippen LogP contribution is -2.43. The van der Waals surface area contributed by atoms with Crippen molar-refractivity contribution in [2.45, 2.75) is 25.9 Å². The molecule has 0 aliphatic rings. The Morgan fingerprint density at radius 3 is 2.47 bits per heavy atom. The minimum atomic E-state index is -0.143. The first-order chi connectivity index (χ1) is 6.88. The topological polar surface area (TPSA) is 29.3 Å². The number of nitrogens with zero attached hydrogens (tertiary/aromatic N) is 1. The van der Waals surface area contributed by atoms with Crippen molar-refractivity contribution in [3.05, 3.63) is 34.3 Å². The van der Waals surface area contributed by atoms with Crippen LogP contribution in [0.5, 0.6) is 0 Å². The predicted octanol–water partition coefficient (Wildman–Crippen LogP) is 2.62. The first-order valence-corrected chi connectivity index (χ1v) is 5.88. The van der Waals surface area contributed by atoms with Gasteiger partial charge in [0.2, 0.25) is 0 Å². The van der Waals surface area contributed by atoms with Crippen LogP contribution >= 0.6 is 15.9 Å². The zero-order chi connectivity index (χ0) is 11.5. The van der Waals surface area contributed by atoms with Crippen molar-refractivity contribution in [2.75, 3.05) is 13.6 Å². The van der Waals surface area contributed by atoms with Gasteiger partial charge >= 0.3 is 0 Å². The van der Waals surface area contributed by atoms with Gasteiger partial charge in [-0.15, -0.1) is 0 Å². The highest BCUT2D eigenvalue weighted by atomic mass is 79.9. The molecule has 0 aliphatic carbocycles.